The van der Waals surface area contributed by atoms with Crippen molar-refractivity contribution in [1.82, 2.24) is 15.1 Å². The fraction of sp³-hybridized carbons (Fsp3) is 0.389. The van der Waals surface area contributed by atoms with Crippen LogP contribution in [-0.4, -0.2) is 50.9 Å². The van der Waals surface area contributed by atoms with Crippen LogP contribution in [0.1, 0.15) is 19.0 Å². The van der Waals surface area contributed by atoms with Crippen LogP contribution in [0.2, 0.25) is 0 Å². The number of aryl methyl sites for hydroxylation is 1. The predicted molar refractivity (Wildman–Crippen MR) is 103 cm³/mol. The van der Waals surface area contributed by atoms with E-state index >= 15 is 0 Å². The number of benzene rings is 1. The molecule has 2 aromatic rings. The average Bonchev–Trinajstić information content (AvgIpc) is 3.13. The topological polar surface area (TPSA) is 115 Å². The number of thiocarbonyl (C=S) groups is 1. The smallest absolute Gasteiger partial charge is 0.539 e. The number of aromatic nitrogens is 2. The second-order valence-electron chi connectivity index (χ2n) is 6.76. The molecule has 32 heavy (non-hydrogen) atoms. The van der Waals surface area contributed by atoms with Gasteiger partial charge < -0.3 is 24.6 Å². The number of ether oxygens (including phenoxy) is 1. The molecule has 1 atom stereocenters. The van der Waals surface area contributed by atoms with Gasteiger partial charge in [-0.05, 0) is 43.4 Å². The van der Waals surface area contributed by atoms with Crippen LogP contribution < -0.4 is 19.8 Å². The van der Waals surface area contributed by atoms with E-state index in [1.54, 1.807) is 6.92 Å². The Hall–Kier alpha value is -3.42. The average molecular weight is 473 g/mol. The molecule has 172 valence electrons. The lowest BCUT2D eigenvalue weighted by atomic mass is 10.1. The summed E-state index contributed by atoms with van der Waals surface area (Å²) < 4.78 is 46.3. The number of alkyl halides is 3. The number of anilines is 1. The Morgan fingerprint density at radius 2 is 2.03 bits per heavy atom. The number of nitrogens with zero attached hydrogens (tertiary/aromatic N) is 4. The third-order valence-electron chi connectivity index (χ3n) is 4.66. The fourth-order valence-electron chi connectivity index (χ4n) is 3.15. The highest BCUT2D eigenvalue weighted by atomic mass is 32.1. The van der Waals surface area contributed by atoms with Gasteiger partial charge in [0.05, 0.1) is 11.7 Å². The van der Waals surface area contributed by atoms with Crippen LogP contribution in [0.15, 0.2) is 28.8 Å². The van der Waals surface area contributed by atoms with Gasteiger partial charge in [-0.1, -0.05) is 4.68 Å². The third-order valence-corrected chi connectivity index (χ3v) is 5.12. The molecular formula is C18H18F3N5O5S. The van der Waals surface area contributed by atoms with Crippen LogP contribution in [0.4, 0.5) is 18.9 Å². The number of likely N-dealkylation sites (N-methyl/N-ethyl adjacent to an activating group) is 1. The summed E-state index contributed by atoms with van der Waals surface area (Å²) in [5.41, 5.74) is 0.354. The van der Waals surface area contributed by atoms with E-state index in [0.717, 1.165) is 12.1 Å². The van der Waals surface area contributed by atoms with Crippen molar-refractivity contribution in [3.8, 4) is 11.7 Å². The Bertz CT molecular complexity index is 1010. The molecule has 1 saturated heterocycles. The first-order chi connectivity index (χ1) is 15.0. The Labute approximate surface area is 185 Å². The predicted octanol–water partition coefficient (Wildman–Crippen LogP) is 0.818. The molecule has 1 N–H and O–H groups in total. The van der Waals surface area contributed by atoms with Crippen molar-refractivity contribution in [3.63, 3.8) is 0 Å². The van der Waals surface area contributed by atoms with Crippen LogP contribution in [0.5, 0.6) is 11.7 Å². The Balaban J connectivity index is 1.72. The van der Waals surface area contributed by atoms with Gasteiger partial charge in [-0.15, -0.1) is 13.2 Å². The van der Waals surface area contributed by atoms with Crippen molar-refractivity contribution in [2.24, 2.45) is 7.05 Å². The highest BCUT2D eigenvalue weighted by molar-refractivity contribution is 7.80. The number of nitrogens with one attached hydrogen (secondary N) is 1. The Morgan fingerprint density at radius 3 is 2.56 bits per heavy atom. The fourth-order valence-corrected chi connectivity index (χ4v) is 3.56. The lowest BCUT2D eigenvalue weighted by Crippen LogP contribution is -2.42. The van der Waals surface area contributed by atoms with Gasteiger partial charge in [-0.25, -0.2) is 0 Å². The lowest BCUT2D eigenvalue weighted by Gasteiger charge is -2.22. The highest BCUT2D eigenvalue weighted by Crippen LogP contribution is 2.26. The number of rotatable bonds is 7. The summed E-state index contributed by atoms with van der Waals surface area (Å²) in [5.74, 6) is -2.11. The standard InChI is InChI=1S/C18H18F3N5O5S/c1-3-25-15(28)12(26(17(25)32)9-13-16(29)31-23-24(13)2)8-14(27)22-10-4-6-11(7-5-10)30-18(19,20)21/h4-7,12H,3,8-9H2,1-2H3,(H-,22,23,27,29). The third kappa shape index (κ3) is 5.07. The maximum atomic E-state index is 12.8. The zero-order valence-corrected chi connectivity index (χ0v) is 17.7. The monoisotopic (exact) mass is 473 g/mol. The summed E-state index contributed by atoms with van der Waals surface area (Å²) in [6.07, 6.45) is -5.13. The van der Waals surface area contributed by atoms with Gasteiger partial charge in [-0.3, -0.25) is 14.5 Å². The van der Waals surface area contributed by atoms with Crippen molar-refractivity contribution < 1.29 is 41.8 Å². The van der Waals surface area contributed by atoms with Crippen molar-refractivity contribution >= 4 is 34.8 Å². The molecule has 1 unspecified atom stereocenters. The van der Waals surface area contributed by atoms with Gasteiger partial charge in [0, 0.05) is 12.2 Å². The van der Waals surface area contributed by atoms with E-state index in [-0.39, 0.29) is 36.0 Å². The van der Waals surface area contributed by atoms with Crippen LogP contribution in [-0.2, 0) is 23.2 Å². The zero-order chi connectivity index (χ0) is 23.6. The van der Waals surface area contributed by atoms with Gasteiger partial charge in [0.25, 0.3) is 11.6 Å². The summed E-state index contributed by atoms with van der Waals surface area (Å²) in [6, 6.07) is 3.58. The normalized spacial score (nSPS) is 16.6. The molecule has 10 nitrogen and oxygen atoms in total. The second-order valence-corrected chi connectivity index (χ2v) is 7.13. The van der Waals surface area contributed by atoms with E-state index in [9.17, 15) is 27.9 Å². The van der Waals surface area contributed by atoms with Crippen LogP contribution in [0, 0.1) is 0 Å². The van der Waals surface area contributed by atoms with Crippen molar-refractivity contribution in [2.45, 2.75) is 32.3 Å². The minimum absolute atomic E-state index is 0.0959. The molecule has 0 spiro atoms. The number of carbonyl (C=O) groups excluding carboxylic acids is 2. The van der Waals surface area contributed by atoms with Crippen molar-refractivity contribution in [2.75, 3.05) is 11.9 Å². The van der Waals surface area contributed by atoms with E-state index in [2.05, 4.69) is 19.8 Å². The van der Waals surface area contributed by atoms with Gasteiger partial charge in [0.2, 0.25) is 5.91 Å². The van der Waals surface area contributed by atoms with Gasteiger partial charge >= 0.3 is 6.36 Å². The SMILES string of the molecule is CCN1C(=O)C(CC(=O)Nc2ccc(OC(F)(F)F)cc2)N(Cc2c([O-])on[n+]2C)C1=S. The number of carbonyl (C=O) groups is 2. The summed E-state index contributed by atoms with van der Waals surface area (Å²) in [4.78, 5) is 28.1. The number of amides is 2. The molecule has 0 saturated carbocycles. The second kappa shape index (κ2) is 8.98. The van der Waals surface area contributed by atoms with E-state index in [1.807, 2.05) is 0 Å². The summed E-state index contributed by atoms with van der Waals surface area (Å²) in [6.45, 7) is 1.89. The molecule has 0 radical (unpaired) electrons. The quantitative estimate of drug-likeness (QED) is 0.464. The maximum Gasteiger partial charge on any atom is 0.573 e. The van der Waals surface area contributed by atoms with E-state index in [1.165, 1.54) is 33.7 Å². The van der Waals surface area contributed by atoms with Crippen LogP contribution in [0.3, 0.4) is 0 Å². The first-order valence-corrected chi connectivity index (χ1v) is 9.70. The first kappa shape index (κ1) is 23.2. The maximum absolute atomic E-state index is 12.8. The molecule has 1 aliphatic heterocycles. The molecule has 0 bridgehead atoms. The Morgan fingerprint density at radius 1 is 1.38 bits per heavy atom. The van der Waals surface area contributed by atoms with Crippen LogP contribution >= 0.6 is 12.2 Å². The minimum Gasteiger partial charge on any atom is -0.539 e. The largest absolute Gasteiger partial charge is 0.573 e. The molecule has 3 rings (SSSR count). The van der Waals surface area contributed by atoms with E-state index in [0.29, 0.717) is 0 Å². The minimum atomic E-state index is -4.83. The highest BCUT2D eigenvalue weighted by Gasteiger charge is 2.44. The van der Waals surface area contributed by atoms with Gasteiger partial charge in [0.1, 0.15) is 18.3 Å². The van der Waals surface area contributed by atoms with E-state index in [4.69, 9.17) is 12.2 Å². The molecule has 0 aliphatic carbocycles. The van der Waals surface area contributed by atoms with Crippen LogP contribution in [0.25, 0.3) is 0 Å². The van der Waals surface area contributed by atoms with Crippen molar-refractivity contribution in [1.29, 1.82) is 0 Å². The molecule has 1 aromatic carbocycles. The van der Waals surface area contributed by atoms with Crippen molar-refractivity contribution in [3.05, 3.63) is 30.0 Å². The molecule has 1 aliphatic rings. The molecule has 14 heteroatoms. The van der Waals surface area contributed by atoms with Gasteiger partial charge in [-0.2, -0.15) is 0 Å². The summed E-state index contributed by atoms with van der Waals surface area (Å²) in [7, 11) is 1.49. The molecule has 1 aromatic heterocycles. The van der Waals surface area contributed by atoms with E-state index < -0.39 is 35.9 Å². The number of halogens is 3. The molecule has 2 amide bonds. The Kier molecular flexibility index (Phi) is 6.52. The molecule has 2 heterocycles. The lowest BCUT2D eigenvalue weighted by molar-refractivity contribution is -0.746. The number of hydrogen-bond acceptors (Lipinski definition) is 7. The zero-order valence-electron chi connectivity index (χ0n) is 16.9. The number of hydrogen-bond donors (Lipinski definition) is 1. The molecular weight excluding hydrogens is 455 g/mol. The first-order valence-electron chi connectivity index (χ1n) is 9.29. The summed E-state index contributed by atoms with van der Waals surface area (Å²) >= 11 is 5.35. The van der Waals surface area contributed by atoms with Gasteiger partial charge in [0.15, 0.2) is 18.1 Å². The summed E-state index contributed by atoms with van der Waals surface area (Å²) in [5, 5.41) is 18.1. The molecule has 1 fully saturated rings.